The van der Waals surface area contributed by atoms with Gasteiger partial charge in [0, 0.05) is 0 Å². The largest absolute Gasteiger partial charge is 0.0610 e. The monoisotopic (exact) mass is 434 g/mol. The minimum Gasteiger partial charge on any atom is -0.0610 e. The molecule has 0 atom stereocenters. The van der Waals surface area contributed by atoms with E-state index in [1.165, 1.54) is 75.2 Å². The summed E-state index contributed by atoms with van der Waals surface area (Å²) in [6.07, 6.45) is 0. The highest BCUT2D eigenvalue weighted by atomic mass is 31.1. The fraction of sp³-hybridized carbons (Fsp3) is 0. The summed E-state index contributed by atoms with van der Waals surface area (Å²) in [6, 6.07) is 40.9. The van der Waals surface area contributed by atoms with Crippen LogP contribution in [0.3, 0.4) is 0 Å². The van der Waals surface area contributed by atoms with Crippen LogP contribution in [0.4, 0.5) is 0 Å². The van der Waals surface area contributed by atoms with Gasteiger partial charge in [-0.15, -0.1) is 0 Å². The molecular weight excluding hydrogens is 415 g/mol. The van der Waals surface area contributed by atoms with E-state index < -0.39 is 0 Å². The number of hydrogen-bond donors (Lipinski definition) is 0. The van der Waals surface area contributed by atoms with Crippen molar-refractivity contribution in [3.63, 3.8) is 0 Å². The molecule has 0 nitrogen and oxygen atoms in total. The summed E-state index contributed by atoms with van der Waals surface area (Å²) in [7, 11) is 0.613. The van der Waals surface area contributed by atoms with E-state index in [2.05, 4.69) is 109 Å². The average molecular weight is 434 g/mol. The molecule has 0 unspecified atom stereocenters. The van der Waals surface area contributed by atoms with E-state index in [0.717, 1.165) is 0 Å². The van der Waals surface area contributed by atoms with Crippen LogP contribution < -0.4 is 10.6 Å². The molecule has 0 heterocycles. The Morgan fingerprint density at radius 1 is 0.303 bits per heavy atom. The molecule has 0 spiro atoms. The quantitative estimate of drug-likeness (QED) is 0.190. The lowest BCUT2D eigenvalue weighted by Gasteiger charge is -2.16. The zero-order valence-corrected chi connectivity index (χ0v) is 18.9. The standard InChI is InChI=1S/C32H19P/c1-3-19-7-9-23-13-17-27(25-15-11-21(5-1)29(19)31(23)25)33-28-18-14-24-10-8-20-4-2-6-22-12-16-26(28)32(24)30(20)22/h1-18,33H. The summed E-state index contributed by atoms with van der Waals surface area (Å²) in [5, 5.41) is 19.2. The summed E-state index contributed by atoms with van der Waals surface area (Å²) in [5.74, 6) is 0. The number of benzene rings is 8. The second-order valence-corrected chi connectivity index (χ2v) is 10.4. The number of rotatable bonds is 2. The second kappa shape index (κ2) is 6.41. The Balaban J connectivity index is 1.41. The predicted molar refractivity (Wildman–Crippen MR) is 148 cm³/mol. The third-order valence-electron chi connectivity index (χ3n) is 7.33. The third-order valence-corrected chi connectivity index (χ3v) is 8.74. The van der Waals surface area contributed by atoms with Gasteiger partial charge in [-0.25, -0.2) is 0 Å². The molecule has 8 rings (SSSR count). The molecule has 0 aliphatic rings. The Bertz CT molecular complexity index is 1820. The lowest BCUT2D eigenvalue weighted by molar-refractivity contribution is 1.80. The predicted octanol–water partition coefficient (Wildman–Crippen LogP) is 8.11. The van der Waals surface area contributed by atoms with Crippen LogP contribution in [-0.4, -0.2) is 0 Å². The molecule has 0 saturated heterocycles. The summed E-state index contributed by atoms with van der Waals surface area (Å²) < 4.78 is 0. The van der Waals surface area contributed by atoms with E-state index in [4.69, 9.17) is 0 Å². The molecule has 152 valence electrons. The van der Waals surface area contributed by atoms with Crippen LogP contribution in [0.15, 0.2) is 109 Å². The van der Waals surface area contributed by atoms with Crippen LogP contribution in [0.1, 0.15) is 0 Å². The first kappa shape index (κ1) is 17.8. The van der Waals surface area contributed by atoms with Crippen LogP contribution >= 0.6 is 8.58 Å². The molecule has 0 aromatic heterocycles. The van der Waals surface area contributed by atoms with E-state index in [9.17, 15) is 0 Å². The third kappa shape index (κ3) is 2.39. The maximum absolute atomic E-state index is 2.35. The maximum atomic E-state index is 2.35. The summed E-state index contributed by atoms with van der Waals surface area (Å²) >= 11 is 0. The first-order chi connectivity index (χ1) is 16.3. The van der Waals surface area contributed by atoms with E-state index in [-0.39, 0.29) is 0 Å². The highest BCUT2D eigenvalue weighted by molar-refractivity contribution is 7.56. The van der Waals surface area contributed by atoms with Crippen molar-refractivity contribution in [2.45, 2.75) is 0 Å². The molecule has 0 radical (unpaired) electrons. The van der Waals surface area contributed by atoms with Crippen molar-refractivity contribution in [2.75, 3.05) is 0 Å². The van der Waals surface area contributed by atoms with Gasteiger partial charge in [0.2, 0.25) is 0 Å². The molecule has 0 aliphatic heterocycles. The average Bonchev–Trinajstić information content (AvgIpc) is 2.87. The van der Waals surface area contributed by atoms with Crippen LogP contribution in [-0.2, 0) is 0 Å². The summed E-state index contributed by atoms with van der Waals surface area (Å²) in [6.45, 7) is 0. The van der Waals surface area contributed by atoms with Gasteiger partial charge in [-0.05, 0) is 75.2 Å². The molecular formula is C32H19P. The van der Waals surface area contributed by atoms with Crippen LogP contribution in [0.2, 0.25) is 0 Å². The summed E-state index contributed by atoms with van der Waals surface area (Å²) in [4.78, 5) is 0. The van der Waals surface area contributed by atoms with E-state index >= 15 is 0 Å². The van der Waals surface area contributed by atoms with Gasteiger partial charge in [0.25, 0.3) is 0 Å². The SMILES string of the molecule is c1cc2ccc3ccc(Pc4ccc5ccc6cccc7ccc4c5c67)c4ccc(c1)c2c34. The molecule has 0 fully saturated rings. The lowest BCUT2D eigenvalue weighted by Crippen LogP contribution is -2.07. The van der Waals surface area contributed by atoms with Gasteiger partial charge in [-0.3, -0.25) is 0 Å². The Hall–Kier alpha value is -3.73. The highest BCUT2D eigenvalue weighted by Gasteiger charge is 2.14. The molecule has 8 aromatic carbocycles. The van der Waals surface area contributed by atoms with Crippen LogP contribution in [0, 0.1) is 0 Å². The van der Waals surface area contributed by atoms with Crippen LogP contribution in [0.25, 0.3) is 64.6 Å². The van der Waals surface area contributed by atoms with Gasteiger partial charge in [0.1, 0.15) is 0 Å². The Labute approximate surface area is 192 Å². The van der Waals surface area contributed by atoms with Crippen molar-refractivity contribution >= 4 is 83.8 Å². The van der Waals surface area contributed by atoms with E-state index in [1.54, 1.807) is 0 Å². The fourth-order valence-electron chi connectivity index (χ4n) is 5.83. The molecule has 0 aliphatic carbocycles. The molecule has 8 aromatic rings. The number of hydrogen-bond acceptors (Lipinski definition) is 0. The maximum Gasteiger partial charge on any atom is -0.00204 e. The van der Waals surface area contributed by atoms with Gasteiger partial charge in [0.05, 0.1) is 0 Å². The van der Waals surface area contributed by atoms with E-state index in [1.807, 2.05) is 0 Å². The normalized spacial score (nSPS) is 12.4. The summed E-state index contributed by atoms with van der Waals surface area (Å²) in [5.41, 5.74) is 0. The van der Waals surface area contributed by atoms with Gasteiger partial charge < -0.3 is 0 Å². The van der Waals surface area contributed by atoms with Gasteiger partial charge >= 0.3 is 0 Å². The molecule has 1 heteroatoms. The zero-order chi connectivity index (χ0) is 21.5. The molecule has 0 saturated carbocycles. The Kier molecular flexibility index (Phi) is 3.45. The van der Waals surface area contributed by atoms with Crippen molar-refractivity contribution in [1.82, 2.24) is 0 Å². The van der Waals surface area contributed by atoms with Crippen molar-refractivity contribution < 1.29 is 0 Å². The van der Waals surface area contributed by atoms with Crippen molar-refractivity contribution in [2.24, 2.45) is 0 Å². The van der Waals surface area contributed by atoms with Gasteiger partial charge in [-0.2, -0.15) is 0 Å². The minimum absolute atomic E-state index is 0.613. The zero-order valence-electron chi connectivity index (χ0n) is 17.9. The van der Waals surface area contributed by atoms with Gasteiger partial charge in [0.15, 0.2) is 0 Å². The van der Waals surface area contributed by atoms with Crippen molar-refractivity contribution in [3.8, 4) is 0 Å². The molecule has 0 N–H and O–H groups in total. The fourth-order valence-corrected chi connectivity index (χ4v) is 7.14. The van der Waals surface area contributed by atoms with Crippen molar-refractivity contribution in [1.29, 1.82) is 0 Å². The van der Waals surface area contributed by atoms with Crippen LogP contribution in [0.5, 0.6) is 0 Å². The van der Waals surface area contributed by atoms with E-state index in [0.29, 0.717) is 8.58 Å². The second-order valence-electron chi connectivity index (χ2n) is 9.06. The highest BCUT2D eigenvalue weighted by Crippen LogP contribution is 2.38. The molecule has 0 amide bonds. The topological polar surface area (TPSA) is 0 Å². The smallest absolute Gasteiger partial charge is 0.00204 e. The Morgan fingerprint density at radius 3 is 1.06 bits per heavy atom. The first-order valence-electron chi connectivity index (χ1n) is 11.5. The van der Waals surface area contributed by atoms with Gasteiger partial charge in [-0.1, -0.05) is 118 Å². The van der Waals surface area contributed by atoms with Crippen molar-refractivity contribution in [3.05, 3.63) is 109 Å². The minimum atomic E-state index is 0.613. The first-order valence-corrected chi connectivity index (χ1v) is 12.5. The Morgan fingerprint density at radius 2 is 0.636 bits per heavy atom. The molecule has 0 bridgehead atoms. The molecule has 33 heavy (non-hydrogen) atoms. The lowest BCUT2D eigenvalue weighted by atomic mass is 9.94.